The number of hydrogen-bond acceptors (Lipinski definition) is 4. The van der Waals surface area contributed by atoms with Gasteiger partial charge in [0.15, 0.2) is 0 Å². The molecular weight excluding hydrogens is 412 g/mol. The molecule has 2 rings (SSSR count). The first-order valence-corrected chi connectivity index (χ1v) is 11.0. The Morgan fingerprint density at radius 3 is 1.70 bits per heavy atom. The Labute approximate surface area is 177 Å². The maximum Gasteiger partial charge on any atom is 0.256 e. The van der Waals surface area contributed by atoms with Crippen LogP contribution in [0.25, 0.3) is 0 Å². The second-order valence-corrected chi connectivity index (χ2v) is 8.90. The zero-order valence-electron chi connectivity index (χ0n) is 17.1. The highest BCUT2D eigenvalue weighted by Gasteiger charge is 2.38. The second kappa shape index (κ2) is 11.1. The van der Waals surface area contributed by atoms with Gasteiger partial charge in [0.2, 0.25) is 10.0 Å². The highest BCUT2D eigenvalue weighted by atomic mass is 32.2. The van der Waals surface area contributed by atoms with E-state index in [0.717, 1.165) is 4.31 Å². The molecule has 0 bridgehead atoms. The molecule has 0 N–H and O–H groups in total. The number of hydrogen-bond donors (Lipinski definition) is 0. The standard InChI is InChI=1S/C22H27F2NO4S/c1-4-5-6-21(22(23)24)30(26,27)25(15-17-7-11-19(28-2)12-8-17)16-18-9-13-20(29-3)14-10-18/h4,7-14,21-22H,1,5-6,15-16H2,2-3H3/t21-/m1/s1. The van der Waals surface area contributed by atoms with E-state index in [0.29, 0.717) is 22.6 Å². The van der Waals surface area contributed by atoms with Gasteiger partial charge in [0.05, 0.1) is 14.2 Å². The third kappa shape index (κ3) is 6.27. The zero-order chi connectivity index (χ0) is 22.1. The highest BCUT2D eigenvalue weighted by molar-refractivity contribution is 7.89. The zero-order valence-corrected chi connectivity index (χ0v) is 17.9. The maximum absolute atomic E-state index is 13.7. The van der Waals surface area contributed by atoms with E-state index in [1.54, 1.807) is 48.5 Å². The number of nitrogens with zero attached hydrogens (tertiary/aromatic N) is 1. The summed E-state index contributed by atoms with van der Waals surface area (Å²) in [6.07, 6.45) is -1.55. The Hall–Kier alpha value is -2.45. The fourth-order valence-electron chi connectivity index (χ4n) is 2.98. The summed E-state index contributed by atoms with van der Waals surface area (Å²) in [7, 11) is -1.23. The first kappa shape index (κ1) is 23.8. The van der Waals surface area contributed by atoms with Crippen molar-refractivity contribution < 1.29 is 26.7 Å². The minimum atomic E-state index is -4.29. The van der Waals surface area contributed by atoms with Crippen molar-refractivity contribution in [1.29, 1.82) is 0 Å². The van der Waals surface area contributed by atoms with Crippen molar-refractivity contribution in [1.82, 2.24) is 4.31 Å². The molecule has 5 nitrogen and oxygen atoms in total. The molecule has 8 heteroatoms. The molecule has 0 amide bonds. The quantitative estimate of drug-likeness (QED) is 0.452. The SMILES string of the molecule is C=CCC[C@H](C(F)F)S(=O)(=O)N(Cc1ccc(OC)cc1)Cc1ccc(OC)cc1. The third-order valence-electron chi connectivity index (χ3n) is 4.71. The van der Waals surface area contributed by atoms with Crippen molar-refractivity contribution in [2.24, 2.45) is 0 Å². The number of benzene rings is 2. The van der Waals surface area contributed by atoms with E-state index in [1.165, 1.54) is 20.3 Å². The van der Waals surface area contributed by atoms with Crippen molar-refractivity contribution in [3.8, 4) is 11.5 Å². The normalized spacial score (nSPS) is 12.7. The minimum Gasteiger partial charge on any atom is -0.497 e. The van der Waals surface area contributed by atoms with E-state index in [9.17, 15) is 17.2 Å². The predicted octanol–water partition coefficient (Wildman–Crippen LogP) is 4.64. The van der Waals surface area contributed by atoms with E-state index in [4.69, 9.17) is 9.47 Å². The summed E-state index contributed by atoms with van der Waals surface area (Å²) in [6.45, 7) is 3.45. The molecular formula is C22H27F2NO4S. The number of methoxy groups -OCH3 is 2. The van der Waals surface area contributed by atoms with Gasteiger partial charge in [0.1, 0.15) is 16.7 Å². The van der Waals surface area contributed by atoms with Crippen LogP contribution in [0.4, 0.5) is 8.78 Å². The number of ether oxygens (including phenoxy) is 2. The Morgan fingerprint density at radius 1 is 0.933 bits per heavy atom. The summed E-state index contributed by atoms with van der Waals surface area (Å²) in [4.78, 5) is 0. The van der Waals surface area contributed by atoms with Crippen LogP contribution in [-0.2, 0) is 23.1 Å². The van der Waals surface area contributed by atoms with Crippen molar-refractivity contribution in [3.05, 3.63) is 72.3 Å². The Morgan fingerprint density at radius 2 is 1.37 bits per heavy atom. The van der Waals surface area contributed by atoms with Crippen LogP contribution in [-0.4, -0.2) is 38.6 Å². The first-order valence-electron chi connectivity index (χ1n) is 9.45. The molecule has 1 atom stereocenters. The third-order valence-corrected chi connectivity index (χ3v) is 6.90. The second-order valence-electron chi connectivity index (χ2n) is 6.75. The number of alkyl halides is 2. The number of halogens is 2. The summed E-state index contributed by atoms with van der Waals surface area (Å²) in [5, 5.41) is -1.80. The summed E-state index contributed by atoms with van der Waals surface area (Å²) >= 11 is 0. The van der Waals surface area contributed by atoms with Crippen LogP contribution in [0.1, 0.15) is 24.0 Å². The average molecular weight is 440 g/mol. The first-order chi connectivity index (χ1) is 14.3. The fourth-order valence-corrected chi connectivity index (χ4v) is 4.72. The van der Waals surface area contributed by atoms with E-state index < -0.39 is 21.7 Å². The molecule has 0 aliphatic rings. The van der Waals surface area contributed by atoms with Crippen molar-refractivity contribution in [2.45, 2.75) is 37.6 Å². The van der Waals surface area contributed by atoms with Crippen LogP contribution in [0.15, 0.2) is 61.2 Å². The lowest BCUT2D eigenvalue weighted by atomic mass is 10.2. The Balaban J connectivity index is 2.37. The van der Waals surface area contributed by atoms with E-state index in [-0.39, 0.29) is 25.9 Å². The van der Waals surface area contributed by atoms with Gasteiger partial charge in [-0.15, -0.1) is 6.58 Å². The van der Waals surface area contributed by atoms with Gasteiger partial charge in [-0.25, -0.2) is 17.2 Å². The van der Waals surface area contributed by atoms with Gasteiger partial charge in [0.25, 0.3) is 6.43 Å². The molecule has 0 saturated carbocycles. The molecule has 0 aliphatic carbocycles. The molecule has 0 aliphatic heterocycles. The fraction of sp³-hybridized carbons (Fsp3) is 0.364. The van der Waals surface area contributed by atoms with Gasteiger partial charge in [-0.2, -0.15) is 4.31 Å². The number of rotatable bonds is 12. The van der Waals surface area contributed by atoms with E-state index in [2.05, 4.69) is 6.58 Å². The van der Waals surface area contributed by atoms with Crippen molar-refractivity contribution in [3.63, 3.8) is 0 Å². The maximum atomic E-state index is 13.7. The molecule has 0 heterocycles. The summed E-state index contributed by atoms with van der Waals surface area (Å²) in [6, 6.07) is 13.7. The topological polar surface area (TPSA) is 55.8 Å². The van der Waals surface area contributed by atoms with Crippen molar-refractivity contribution >= 4 is 10.0 Å². The smallest absolute Gasteiger partial charge is 0.256 e. The molecule has 2 aromatic carbocycles. The van der Waals surface area contributed by atoms with Gasteiger partial charge < -0.3 is 9.47 Å². The Kier molecular flexibility index (Phi) is 8.80. The van der Waals surface area contributed by atoms with Crippen LogP contribution < -0.4 is 9.47 Å². The Bertz CT molecular complexity index is 850. The van der Waals surface area contributed by atoms with Gasteiger partial charge in [-0.1, -0.05) is 30.3 Å². The van der Waals surface area contributed by atoms with Crippen LogP contribution in [0.2, 0.25) is 0 Å². The van der Waals surface area contributed by atoms with Gasteiger partial charge in [-0.05, 0) is 48.2 Å². The molecule has 0 unspecified atom stereocenters. The molecule has 0 saturated heterocycles. The van der Waals surface area contributed by atoms with Crippen LogP contribution in [0.5, 0.6) is 11.5 Å². The number of sulfonamides is 1. The molecule has 0 radical (unpaired) electrons. The molecule has 0 aromatic heterocycles. The highest BCUT2D eigenvalue weighted by Crippen LogP contribution is 2.26. The van der Waals surface area contributed by atoms with Crippen LogP contribution in [0.3, 0.4) is 0 Å². The molecule has 164 valence electrons. The summed E-state index contributed by atoms with van der Waals surface area (Å²) in [5.74, 6) is 1.25. The van der Waals surface area contributed by atoms with Crippen molar-refractivity contribution in [2.75, 3.05) is 14.2 Å². The predicted molar refractivity (Wildman–Crippen MR) is 113 cm³/mol. The average Bonchev–Trinajstić information content (AvgIpc) is 2.74. The summed E-state index contributed by atoms with van der Waals surface area (Å²) < 4.78 is 65.1. The lowest BCUT2D eigenvalue weighted by Crippen LogP contribution is -2.41. The van der Waals surface area contributed by atoms with Gasteiger partial charge >= 0.3 is 0 Å². The molecule has 2 aromatic rings. The van der Waals surface area contributed by atoms with Crippen LogP contribution in [0, 0.1) is 0 Å². The van der Waals surface area contributed by atoms with Crippen LogP contribution >= 0.6 is 0 Å². The monoisotopic (exact) mass is 439 g/mol. The summed E-state index contributed by atoms with van der Waals surface area (Å²) in [5.41, 5.74) is 1.34. The number of allylic oxidation sites excluding steroid dienone is 1. The van der Waals surface area contributed by atoms with E-state index >= 15 is 0 Å². The molecule has 30 heavy (non-hydrogen) atoms. The lowest BCUT2D eigenvalue weighted by Gasteiger charge is -2.27. The van der Waals surface area contributed by atoms with E-state index in [1.807, 2.05) is 0 Å². The molecule has 0 spiro atoms. The molecule has 0 fully saturated rings. The van der Waals surface area contributed by atoms with Gasteiger partial charge in [0, 0.05) is 13.1 Å². The largest absolute Gasteiger partial charge is 0.497 e. The minimum absolute atomic E-state index is 0.0321. The van der Waals surface area contributed by atoms with Gasteiger partial charge in [-0.3, -0.25) is 0 Å². The lowest BCUT2D eigenvalue weighted by molar-refractivity contribution is 0.135.